The number of rotatable bonds is 2. The lowest BCUT2D eigenvalue weighted by atomic mass is 10.1. The molecule has 0 unspecified atom stereocenters. The van der Waals surface area contributed by atoms with Gasteiger partial charge in [0.25, 0.3) is 5.91 Å². The minimum atomic E-state index is -0.128. The highest BCUT2D eigenvalue weighted by Gasteiger charge is 2.08. The number of hydrogen-bond acceptors (Lipinski definition) is 1. The lowest BCUT2D eigenvalue weighted by Gasteiger charge is -2.07. The van der Waals surface area contributed by atoms with Gasteiger partial charge in [0, 0.05) is 17.3 Å². The third-order valence-electron chi connectivity index (χ3n) is 2.88. The first-order valence-corrected chi connectivity index (χ1v) is 5.77. The molecule has 1 amide bonds. The zero-order chi connectivity index (χ0) is 12.4. The molecule has 1 aromatic heterocycles. The number of H-pyrrole nitrogens is 1. The van der Waals surface area contributed by atoms with Gasteiger partial charge in [0.2, 0.25) is 0 Å². The molecule has 2 N–H and O–H groups in total. The summed E-state index contributed by atoms with van der Waals surface area (Å²) in [5, 5.41) is 5.07. The van der Waals surface area contributed by atoms with Gasteiger partial charge in [-0.3, -0.25) is 4.79 Å². The van der Waals surface area contributed by atoms with E-state index in [1.165, 1.54) is 0 Å². The van der Waals surface area contributed by atoms with Crippen LogP contribution in [0.25, 0.3) is 10.8 Å². The number of nitrogens with one attached hydrogen (secondary N) is 2. The number of aromatic nitrogens is 1. The van der Waals surface area contributed by atoms with Gasteiger partial charge in [0.05, 0.1) is 0 Å². The van der Waals surface area contributed by atoms with Gasteiger partial charge in [0.15, 0.2) is 0 Å². The van der Waals surface area contributed by atoms with Crippen molar-refractivity contribution in [3.05, 3.63) is 66.5 Å². The Kier molecular flexibility index (Phi) is 2.57. The molecule has 1 heterocycles. The zero-order valence-electron chi connectivity index (χ0n) is 9.68. The Labute approximate surface area is 104 Å². The Morgan fingerprint density at radius 1 is 0.944 bits per heavy atom. The van der Waals surface area contributed by atoms with E-state index in [1.807, 2.05) is 42.5 Å². The topological polar surface area (TPSA) is 44.9 Å². The molecule has 3 heteroatoms. The highest BCUT2D eigenvalue weighted by atomic mass is 16.1. The Bertz CT molecular complexity index is 681. The highest BCUT2D eigenvalue weighted by molar-refractivity contribution is 6.08. The Morgan fingerprint density at radius 3 is 2.61 bits per heavy atom. The largest absolute Gasteiger partial charge is 0.357 e. The molecule has 0 saturated carbocycles. The normalized spacial score (nSPS) is 10.4. The van der Waals surface area contributed by atoms with E-state index < -0.39 is 0 Å². The van der Waals surface area contributed by atoms with Gasteiger partial charge < -0.3 is 10.3 Å². The smallest absolute Gasteiger partial charge is 0.272 e. The van der Waals surface area contributed by atoms with Crippen LogP contribution in [0.1, 0.15) is 10.5 Å². The van der Waals surface area contributed by atoms with E-state index in [9.17, 15) is 4.79 Å². The molecule has 0 aliphatic rings. The maximum atomic E-state index is 12.0. The SMILES string of the molecule is O=C(Nc1cccc2ccccc12)c1ccc[nH]1. The van der Waals surface area contributed by atoms with Crippen molar-refractivity contribution in [2.24, 2.45) is 0 Å². The van der Waals surface area contributed by atoms with Crippen molar-refractivity contribution in [2.75, 3.05) is 5.32 Å². The lowest BCUT2D eigenvalue weighted by molar-refractivity contribution is 0.102. The summed E-state index contributed by atoms with van der Waals surface area (Å²) in [6, 6.07) is 17.4. The van der Waals surface area contributed by atoms with E-state index in [0.717, 1.165) is 16.5 Å². The van der Waals surface area contributed by atoms with Gasteiger partial charge >= 0.3 is 0 Å². The van der Waals surface area contributed by atoms with E-state index >= 15 is 0 Å². The van der Waals surface area contributed by atoms with Crippen molar-refractivity contribution in [2.45, 2.75) is 0 Å². The third kappa shape index (κ3) is 1.86. The molecule has 0 aliphatic heterocycles. The van der Waals surface area contributed by atoms with Crippen molar-refractivity contribution >= 4 is 22.4 Å². The number of carbonyl (C=O) groups excluding carboxylic acids is 1. The molecule has 0 aliphatic carbocycles. The Morgan fingerprint density at radius 2 is 1.78 bits per heavy atom. The van der Waals surface area contributed by atoms with E-state index in [-0.39, 0.29) is 5.91 Å². The number of hydrogen-bond donors (Lipinski definition) is 2. The van der Waals surface area contributed by atoms with Gasteiger partial charge in [-0.15, -0.1) is 0 Å². The zero-order valence-corrected chi connectivity index (χ0v) is 9.68. The predicted molar refractivity (Wildman–Crippen MR) is 72.7 cm³/mol. The molecule has 3 nitrogen and oxygen atoms in total. The first-order chi connectivity index (χ1) is 8.84. The Hall–Kier alpha value is -2.55. The van der Waals surface area contributed by atoms with Crippen LogP contribution in [0.15, 0.2) is 60.8 Å². The van der Waals surface area contributed by atoms with Gasteiger partial charge in [-0.1, -0.05) is 36.4 Å². The molecule has 0 fully saturated rings. The van der Waals surface area contributed by atoms with E-state index in [0.29, 0.717) is 5.69 Å². The lowest BCUT2D eigenvalue weighted by Crippen LogP contribution is -2.12. The molecular weight excluding hydrogens is 224 g/mol. The van der Waals surface area contributed by atoms with E-state index in [2.05, 4.69) is 10.3 Å². The van der Waals surface area contributed by atoms with Crippen LogP contribution in [0, 0.1) is 0 Å². The van der Waals surface area contributed by atoms with Crippen LogP contribution in [0.4, 0.5) is 5.69 Å². The second-order valence-corrected chi connectivity index (χ2v) is 4.06. The first kappa shape index (κ1) is 10.6. The monoisotopic (exact) mass is 236 g/mol. The average Bonchev–Trinajstić information content (AvgIpc) is 2.93. The van der Waals surface area contributed by atoms with Crippen molar-refractivity contribution < 1.29 is 4.79 Å². The van der Waals surface area contributed by atoms with Crippen LogP contribution in [-0.4, -0.2) is 10.9 Å². The number of fused-ring (bicyclic) bond motifs is 1. The summed E-state index contributed by atoms with van der Waals surface area (Å²) in [6.07, 6.45) is 1.73. The fourth-order valence-corrected chi connectivity index (χ4v) is 2.00. The molecule has 0 saturated heterocycles. The van der Waals surface area contributed by atoms with Crippen molar-refractivity contribution in [3.63, 3.8) is 0 Å². The number of benzene rings is 2. The molecular formula is C15H12N2O. The van der Waals surface area contributed by atoms with Gasteiger partial charge in [-0.25, -0.2) is 0 Å². The summed E-state index contributed by atoms with van der Waals surface area (Å²) in [5.41, 5.74) is 1.38. The summed E-state index contributed by atoms with van der Waals surface area (Å²) < 4.78 is 0. The van der Waals surface area contributed by atoms with Crippen LogP contribution < -0.4 is 5.32 Å². The second-order valence-electron chi connectivity index (χ2n) is 4.06. The van der Waals surface area contributed by atoms with Crippen molar-refractivity contribution in [1.29, 1.82) is 0 Å². The molecule has 2 aromatic carbocycles. The quantitative estimate of drug-likeness (QED) is 0.703. The summed E-state index contributed by atoms with van der Waals surface area (Å²) in [7, 11) is 0. The maximum absolute atomic E-state index is 12.0. The summed E-state index contributed by atoms with van der Waals surface area (Å²) in [5.74, 6) is -0.128. The third-order valence-corrected chi connectivity index (χ3v) is 2.88. The number of anilines is 1. The molecule has 0 radical (unpaired) electrons. The average molecular weight is 236 g/mol. The molecule has 0 spiro atoms. The van der Waals surface area contributed by atoms with E-state index in [4.69, 9.17) is 0 Å². The molecule has 0 atom stereocenters. The summed E-state index contributed by atoms with van der Waals surface area (Å²) in [4.78, 5) is 14.9. The van der Waals surface area contributed by atoms with Crippen LogP contribution in [0.2, 0.25) is 0 Å². The number of carbonyl (C=O) groups is 1. The number of amides is 1. The summed E-state index contributed by atoms with van der Waals surface area (Å²) >= 11 is 0. The van der Waals surface area contributed by atoms with Gasteiger partial charge in [-0.05, 0) is 23.6 Å². The molecule has 3 rings (SSSR count). The fourth-order valence-electron chi connectivity index (χ4n) is 2.00. The van der Waals surface area contributed by atoms with Crippen LogP contribution in [0.3, 0.4) is 0 Å². The van der Waals surface area contributed by atoms with Crippen LogP contribution in [0.5, 0.6) is 0 Å². The van der Waals surface area contributed by atoms with Crippen LogP contribution >= 0.6 is 0 Å². The predicted octanol–water partition coefficient (Wildman–Crippen LogP) is 3.42. The van der Waals surface area contributed by atoms with Gasteiger partial charge in [-0.2, -0.15) is 0 Å². The standard InChI is InChI=1S/C15H12N2O/c18-15(14-9-4-10-16-14)17-13-8-3-6-11-5-1-2-7-12(11)13/h1-10,16H,(H,17,18). The fraction of sp³-hybridized carbons (Fsp3) is 0. The maximum Gasteiger partial charge on any atom is 0.272 e. The minimum Gasteiger partial charge on any atom is -0.357 e. The highest BCUT2D eigenvalue weighted by Crippen LogP contribution is 2.23. The molecule has 0 bridgehead atoms. The Balaban J connectivity index is 1.98. The minimum absolute atomic E-state index is 0.128. The van der Waals surface area contributed by atoms with Crippen molar-refractivity contribution in [3.8, 4) is 0 Å². The van der Waals surface area contributed by atoms with E-state index in [1.54, 1.807) is 18.3 Å². The second kappa shape index (κ2) is 4.37. The molecule has 3 aromatic rings. The molecule has 88 valence electrons. The molecule has 18 heavy (non-hydrogen) atoms. The van der Waals surface area contributed by atoms with Crippen molar-refractivity contribution in [1.82, 2.24) is 4.98 Å². The van der Waals surface area contributed by atoms with Crippen LogP contribution in [-0.2, 0) is 0 Å². The number of aromatic amines is 1. The van der Waals surface area contributed by atoms with Gasteiger partial charge in [0.1, 0.15) is 5.69 Å². The summed E-state index contributed by atoms with van der Waals surface area (Å²) in [6.45, 7) is 0. The first-order valence-electron chi connectivity index (χ1n) is 5.77.